The van der Waals surface area contributed by atoms with Crippen LogP contribution in [0.4, 0.5) is 0 Å². The predicted octanol–water partition coefficient (Wildman–Crippen LogP) is 3.12. The zero-order valence-electron chi connectivity index (χ0n) is 23.4. The molecule has 5 N–H and O–H groups in total. The molecule has 1 aliphatic carbocycles. The molecule has 1 spiro atoms. The van der Waals surface area contributed by atoms with Crippen molar-refractivity contribution in [3.8, 4) is 11.1 Å². The average Bonchev–Trinajstić information content (AvgIpc) is 3.79. The number of benzene rings is 2. The predicted molar refractivity (Wildman–Crippen MR) is 158 cm³/mol. The van der Waals surface area contributed by atoms with Crippen LogP contribution < -0.4 is 16.4 Å². The van der Waals surface area contributed by atoms with E-state index in [-0.39, 0.29) is 49.1 Å². The number of nitrogens with zero attached hydrogens (tertiary/aromatic N) is 1. The van der Waals surface area contributed by atoms with Crippen LogP contribution in [0, 0.1) is 5.41 Å². The molecule has 2 fully saturated rings. The van der Waals surface area contributed by atoms with E-state index in [1.165, 1.54) is 27.4 Å². The number of rotatable bonds is 7. The van der Waals surface area contributed by atoms with Gasteiger partial charge < -0.3 is 30.7 Å². The number of ether oxygens (including phenoxy) is 2. The number of likely N-dealkylation sites (tertiary alicyclic amines) is 1. The molecule has 1 aromatic heterocycles. The fraction of sp³-hybridized carbons (Fsp3) is 0.355. The Bertz CT molecular complexity index is 1580. The summed E-state index contributed by atoms with van der Waals surface area (Å²) in [5.41, 5.74) is 11.2. The van der Waals surface area contributed by atoms with Gasteiger partial charge in [0.1, 0.15) is 11.9 Å². The normalized spacial score (nSPS) is 20.7. The number of nitrogen functional groups attached to an aromatic ring is 1. The topological polar surface area (TPSA) is 147 Å². The number of amides is 3. The third-order valence-electron chi connectivity index (χ3n) is 8.34. The number of fused-ring (bicyclic) bond motifs is 3. The van der Waals surface area contributed by atoms with Crippen molar-refractivity contribution in [3.05, 3.63) is 81.0 Å². The van der Waals surface area contributed by atoms with E-state index in [2.05, 4.69) is 29.7 Å². The Labute approximate surface area is 247 Å². The average molecular weight is 588 g/mol. The first-order chi connectivity index (χ1) is 20.2. The molecule has 42 heavy (non-hydrogen) atoms. The summed E-state index contributed by atoms with van der Waals surface area (Å²) in [7, 11) is 0. The second-order valence-electron chi connectivity index (χ2n) is 11.0. The van der Waals surface area contributed by atoms with Gasteiger partial charge in [-0.2, -0.15) is 0 Å². The van der Waals surface area contributed by atoms with Crippen LogP contribution in [0.5, 0.6) is 0 Å². The molecule has 2 saturated heterocycles. The zero-order chi connectivity index (χ0) is 29.6. The molecule has 0 bridgehead atoms. The van der Waals surface area contributed by atoms with Crippen molar-refractivity contribution in [2.45, 2.75) is 44.1 Å². The van der Waals surface area contributed by atoms with Crippen LogP contribution in [0.3, 0.4) is 0 Å². The maximum atomic E-state index is 13.5. The van der Waals surface area contributed by atoms with E-state index in [0.29, 0.717) is 24.3 Å². The third kappa shape index (κ3) is 5.08. The van der Waals surface area contributed by atoms with Crippen LogP contribution in [-0.4, -0.2) is 66.6 Å². The molecule has 3 amide bonds. The van der Waals surface area contributed by atoms with Crippen molar-refractivity contribution in [1.82, 2.24) is 15.5 Å². The molecule has 6 rings (SSSR count). The van der Waals surface area contributed by atoms with E-state index in [0.717, 1.165) is 16.0 Å². The SMILES string of the molecule is CC1c2ccccc2-c2cc(C(=O)NCC(=O)N3CC4(C[C@H]3C(=O)N[C@H](C)c3cc(C(=N)N)cs3)OCCO4)ccc21. The lowest BCUT2D eigenvalue weighted by Crippen LogP contribution is -2.49. The van der Waals surface area contributed by atoms with Crippen LogP contribution in [0.2, 0.25) is 0 Å². The van der Waals surface area contributed by atoms with E-state index in [9.17, 15) is 14.4 Å². The molecule has 3 heterocycles. The molecular formula is C31H33N5O5S. The smallest absolute Gasteiger partial charge is 0.251 e. The van der Waals surface area contributed by atoms with E-state index < -0.39 is 17.7 Å². The van der Waals surface area contributed by atoms with Gasteiger partial charge in [-0.15, -0.1) is 11.3 Å². The Balaban J connectivity index is 1.14. The molecule has 3 atom stereocenters. The maximum absolute atomic E-state index is 13.5. The summed E-state index contributed by atoms with van der Waals surface area (Å²) in [6.45, 7) is 4.57. The summed E-state index contributed by atoms with van der Waals surface area (Å²) >= 11 is 1.40. The minimum absolute atomic E-state index is 0.0395. The number of amidine groups is 1. The summed E-state index contributed by atoms with van der Waals surface area (Å²) in [6.07, 6.45) is 0.191. The van der Waals surface area contributed by atoms with E-state index in [1.807, 2.05) is 31.2 Å². The van der Waals surface area contributed by atoms with Gasteiger partial charge in [0.2, 0.25) is 11.8 Å². The largest absolute Gasteiger partial charge is 0.384 e. The van der Waals surface area contributed by atoms with Gasteiger partial charge in [0.05, 0.1) is 32.3 Å². The highest BCUT2D eigenvalue weighted by Gasteiger charge is 2.52. The van der Waals surface area contributed by atoms with Gasteiger partial charge in [0, 0.05) is 33.7 Å². The van der Waals surface area contributed by atoms with Crippen molar-refractivity contribution in [2.24, 2.45) is 5.73 Å². The van der Waals surface area contributed by atoms with Crippen molar-refractivity contribution >= 4 is 34.9 Å². The summed E-state index contributed by atoms with van der Waals surface area (Å²) in [5, 5.41) is 15.1. The lowest BCUT2D eigenvalue weighted by atomic mass is 9.98. The number of thiophene rings is 1. The van der Waals surface area contributed by atoms with Crippen molar-refractivity contribution in [2.75, 3.05) is 26.3 Å². The Morgan fingerprint density at radius 1 is 1.10 bits per heavy atom. The highest BCUT2D eigenvalue weighted by Crippen LogP contribution is 2.44. The molecule has 2 aromatic carbocycles. The molecule has 3 aromatic rings. The zero-order valence-corrected chi connectivity index (χ0v) is 24.3. The molecule has 218 valence electrons. The van der Waals surface area contributed by atoms with Gasteiger partial charge in [0.15, 0.2) is 5.79 Å². The van der Waals surface area contributed by atoms with Gasteiger partial charge >= 0.3 is 0 Å². The summed E-state index contributed by atoms with van der Waals surface area (Å²) in [4.78, 5) is 42.3. The van der Waals surface area contributed by atoms with Gasteiger partial charge in [-0.25, -0.2) is 0 Å². The number of carbonyl (C=O) groups excluding carboxylic acids is 3. The van der Waals surface area contributed by atoms with Gasteiger partial charge in [0.25, 0.3) is 5.91 Å². The first kappa shape index (κ1) is 28.1. The monoisotopic (exact) mass is 587 g/mol. The Morgan fingerprint density at radius 2 is 1.83 bits per heavy atom. The van der Waals surface area contributed by atoms with Crippen LogP contribution in [0.1, 0.15) is 64.2 Å². The number of hydrogen-bond acceptors (Lipinski definition) is 7. The second kappa shape index (κ2) is 11.0. The van der Waals surface area contributed by atoms with E-state index in [4.69, 9.17) is 20.6 Å². The lowest BCUT2D eigenvalue weighted by Gasteiger charge is -2.25. The number of nitrogens with two attached hydrogens (primary N) is 1. The standard InChI is InChI=1S/C31H33N5O5S/c1-17-21-5-3-4-6-23(21)24-11-19(7-8-22(17)24)29(38)34-14-27(37)36-16-31(40-9-10-41-31)13-25(36)30(39)35-18(2)26-12-20(15-42-26)28(32)33/h3-8,11-12,15,17-18,25H,9-10,13-14,16H2,1-2H3,(H3,32,33)(H,34,38)(H,35,39)/t17?,18-,25+/m1/s1. The maximum Gasteiger partial charge on any atom is 0.251 e. The Hall–Kier alpha value is -4.06. The van der Waals surface area contributed by atoms with Gasteiger partial charge in [-0.3, -0.25) is 19.8 Å². The van der Waals surface area contributed by atoms with Crippen molar-refractivity contribution in [1.29, 1.82) is 5.41 Å². The van der Waals surface area contributed by atoms with Crippen LogP contribution in [-0.2, 0) is 19.1 Å². The first-order valence-corrected chi connectivity index (χ1v) is 14.9. The second-order valence-corrected chi connectivity index (χ2v) is 12.0. The molecule has 0 saturated carbocycles. The molecule has 10 nitrogen and oxygen atoms in total. The fourth-order valence-corrected chi connectivity index (χ4v) is 7.01. The molecule has 1 unspecified atom stereocenters. The van der Waals surface area contributed by atoms with E-state index >= 15 is 0 Å². The number of carbonyl (C=O) groups is 3. The Kier molecular flexibility index (Phi) is 7.34. The third-order valence-corrected chi connectivity index (χ3v) is 9.46. The van der Waals surface area contributed by atoms with E-state index in [1.54, 1.807) is 17.5 Å². The number of nitrogens with one attached hydrogen (secondary N) is 3. The molecule has 3 aliphatic rings. The first-order valence-electron chi connectivity index (χ1n) is 14.0. The van der Waals surface area contributed by atoms with Gasteiger partial charge in [-0.1, -0.05) is 37.3 Å². The minimum atomic E-state index is -1.04. The summed E-state index contributed by atoms with van der Waals surface area (Å²) in [5.74, 6) is -1.94. The van der Waals surface area contributed by atoms with Crippen molar-refractivity contribution < 1.29 is 23.9 Å². The van der Waals surface area contributed by atoms with Gasteiger partial charge in [-0.05, 0) is 47.4 Å². The molecule has 11 heteroatoms. The van der Waals surface area contributed by atoms with Crippen molar-refractivity contribution in [3.63, 3.8) is 0 Å². The highest BCUT2D eigenvalue weighted by molar-refractivity contribution is 7.10. The minimum Gasteiger partial charge on any atom is -0.384 e. The number of hydrogen-bond donors (Lipinski definition) is 4. The molecule has 0 radical (unpaired) electrons. The summed E-state index contributed by atoms with van der Waals surface area (Å²) in [6, 6.07) is 14.4. The summed E-state index contributed by atoms with van der Waals surface area (Å²) < 4.78 is 11.7. The quantitative estimate of drug-likeness (QED) is 0.247. The lowest BCUT2D eigenvalue weighted by molar-refractivity contribution is -0.152. The molecule has 2 aliphatic heterocycles. The highest BCUT2D eigenvalue weighted by atomic mass is 32.1. The van der Waals surface area contributed by atoms with Crippen LogP contribution >= 0.6 is 11.3 Å². The van der Waals surface area contributed by atoms with Crippen LogP contribution in [0.25, 0.3) is 11.1 Å². The fourth-order valence-electron chi connectivity index (χ4n) is 6.10. The Morgan fingerprint density at radius 3 is 2.57 bits per heavy atom. The van der Waals surface area contributed by atoms with Crippen LogP contribution in [0.15, 0.2) is 53.9 Å². The molecular weight excluding hydrogens is 554 g/mol.